The largest absolute Gasteiger partial charge is 0.333 e. The third kappa shape index (κ3) is 6.98. The van der Waals surface area contributed by atoms with Crippen molar-refractivity contribution in [3.63, 3.8) is 0 Å². The van der Waals surface area contributed by atoms with E-state index in [1.54, 1.807) is 17.5 Å². The molecule has 0 atom stereocenters. The van der Waals surface area contributed by atoms with Crippen LogP contribution < -0.4 is 0 Å². The standard InChI is InChI=1S/C37H23N2S.C11H8N.Ir/c1-2-8-25(9-3-1)27-16-19-31(20-17-27)39-35-13-7-6-12-34(35)38-37(39)33-24-40-36-21-18-30(23-32(33)36)29-15-14-26-10-4-5-11-28(26)22-29;1-2-6-10(7-3-1)11-8-4-5-9-12-11;/h1-23H;1-6,8-9H;/q2*-1;. The molecule has 0 aliphatic rings. The van der Waals surface area contributed by atoms with Gasteiger partial charge in [0.2, 0.25) is 0 Å². The zero-order chi connectivity index (χ0) is 34.7. The molecule has 5 heteroatoms. The normalized spacial score (nSPS) is 10.9. The summed E-state index contributed by atoms with van der Waals surface area (Å²) in [5.74, 6) is 0.913. The van der Waals surface area contributed by atoms with Crippen LogP contribution in [-0.2, 0) is 20.1 Å². The van der Waals surface area contributed by atoms with Crippen molar-refractivity contribution in [1.29, 1.82) is 0 Å². The molecule has 3 nitrogen and oxygen atoms in total. The first-order valence-corrected chi connectivity index (χ1v) is 18.1. The van der Waals surface area contributed by atoms with Crippen molar-refractivity contribution in [2.75, 3.05) is 0 Å². The minimum atomic E-state index is 0. The molecule has 0 aliphatic carbocycles. The maximum atomic E-state index is 5.14. The smallest absolute Gasteiger partial charge is 0.0774 e. The summed E-state index contributed by atoms with van der Waals surface area (Å²) in [6.07, 6.45) is 1.79. The zero-order valence-electron chi connectivity index (χ0n) is 28.5. The van der Waals surface area contributed by atoms with E-state index < -0.39 is 0 Å². The molecule has 0 fully saturated rings. The molecule has 0 saturated carbocycles. The minimum Gasteiger partial charge on any atom is -0.333 e. The van der Waals surface area contributed by atoms with Crippen molar-refractivity contribution < 1.29 is 20.1 Å². The van der Waals surface area contributed by atoms with E-state index in [1.165, 1.54) is 43.1 Å². The maximum absolute atomic E-state index is 5.14. The second-order valence-electron chi connectivity index (χ2n) is 12.5. The Hall–Kier alpha value is -5.97. The number of hydrogen-bond donors (Lipinski definition) is 0. The van der Waals surface area contributed by atoms with Gasteiger partial charge in [-0.1, -0.05) is 137 Å². The second-order valence-corrected chi connectivity index (χ2v) is 13.4. The van der Waals surface area contributed by atoms with E-state index in [0.29, 0.717) is 0 Å². The van der Waals surface area contributed by atoms with Gasteiger partial charge in [-0.15, -0.1) is 41.3 Å². The number of nitrogens with zero attached hydrogens (tertiary/aromatic N) is 3. The molecule has 3 heterocycles. The third-order valence-corrected chi connectivity index (χ3v) is 10.1. The molecule has 255 valence electrons. The van der Waals surface area contributed by atoms with Crippen molar-refractivity contribution >= 4 is 43.2 Å². The van der Waals surface area contributed by atoms with Crippen LogP contribution in [0.5, 0.6) is 0 Å². The summed E-state index contributed by atoms with van der Waals surface area (Å²) in [6, 6.07) is 66.4. The van der Waals surface area contributed by atoms with E-state index in [-0.39, 0.29) is 20.1 Å². The summed E-state index contributed by atoms with van der Waals surface area (Å²) in [7, 11) is 0. The molecule has 10 rings (SSSR count). The molecule has 0 amide bonds. The Labute approximate surface area is 326 Å². The number of fused-ring (bicyclic) bond motifs is 3. The summed E-state index contributed by atoms with van der Waals surface area (Å²) >= 11 is 1.65. The van der Waals surface area contributed by atoms with Crippen LogP contribution in [0.1, 0.15) is 0 Å². The molecule has 7 aromatic carbocycles. The Morgan fingerprint density at radius 1 is 0.547 bits per heavy atom. The molecular weight excluding hydrogens is 843 g/mol. The van der Waals surface area contributed by atoms with Gasteiger partial charge in [-0.3, -0.25) is 16.3 Å². The molecule has 0 N–H and O–H groups in total. The Bertz CT molecular complexity index is 2740. The van der Waals surface area contributed by atoms with Crippen LogP contribution in [0.4, 0.5) is 0 Å². The number of benzene rings is 7. The summed E-state index contributed by atoms with van der Waals surface area (Å²) in [5, 5.41) is 7.28. The van der Waals surface area contributed by atoms with Gasteiger partial charge in [-0.05, 0) is 75.1 Å². The number of rotatable bonds is 5. The first kappa shape index (κ1) is 34.1. The van der Waals surface area contributed by atoms with Crippen molar-refractivity contribution in [3.05, 3.63) is 200 Å². The number of thiophene rings is 1. The van der Waals surface area contributed by atoms with Crippen LogP contribution in [0.15, 0.2) is 188 Å². The Balaban J connectivity index is 0.000000262. The molecule has 10 aromatic rings. The van der Waals surface area contributed by atoms with E-state index in [2.05, 4.69) is 161 Å². The summed E-state index contributed by atoms with van der Waals surface area (Å²) < 4.78 is 3.47. The van der Waals surface area contributed by atoms with Gasteiger partial charge < -0.3 is 9.55 Å². The van der Waals surface area contributed by atoms with Crippen molar-refractivity contribution in [2.24, 2.45) is 0 Å². The van der Waals surface area contributed by atoms with Crippen molar-refractivity contribution in [2.45, 2.75) is 0 Å². The molecule has 53 heavy (non-hydrogen) atoms. The first-order chi connectivity index (χ1) is 25.8. The fraction of sp³-hybridized carbons (Fsp3) is 0. The number of pyridine rings is 1. The van der Waals surface area contributed by atoms with Crippen LogP contribution in [0.2, 0.25) is 0 Å². The second kappa shape index (κ2) is 15.3. The van der Waals surface area contributed by atoms with Gasteiger partial charge >= 0.3 is 0 Å². The molecule has 0 unspecified atom stereocenters. The number of para-hydroxylation sites is 2. The van der Waals surface area contributed by atoms with Crippen molar-refractivity contribution in [3.8, 4) is 50.6 Å². The third-order valence-electron chi connectivity index (χ3n) is 9.26. The summed E-state index contributed by atoms with van der Waals surface area (Å²) in [6.45, 7) is 0. The summed E-state index contributed by atoms with van der Waals surface area (Å²) in [4.78, 5) is 9.36. The van der Waals surface area contributed by atoms with Gasteiger partial charge in [0.1, 0.15) is 0 Å². The van der Waals surface area contributed by atoms with E-state index in [9.17, 15) is 0 Å². The fourth-order valence-electron chi connectivity index (χ4n) is 6.65. The van der Waals surface area contributed by atoms with Crippen LogP contribution in [0, 0.1) is 11.4 Å². The molecular formula is C48H31IrN3S-2. The van der Waals surface area contributed by atoms with Gasteiger partial charge in [-0.2, -0.15) is 0 Å². The monoisotopic (exact) mass is 874 g/mol. The van der Waals surface area contributed by atoms with Gasteiger partial charge in [0, 0.05) is 32.0 Å². The fourth-order valence-corrected chi connectivity index (χ4v) is 7.47. The van der Waals surface area contributed by atoms with Crippen LogP contribution in [-0.4, -0.2) is 14.5 Å². The Kier molecular flexibility index (Phi) is 9.87. The van der Waals surface area contributed by atoms with E-state index in [4.69, 9.17) is 4.98 Å². The molecule has 3 aromatic heterocycles. The molecule has 0 aliphatic heterocycles. The topological polar surface area (TPSA) is 30.7 Å². The molecule has 0 bridgehead atoms. The predicted octanol–water partition coefficient (Wildman–Crippen LogP) is 12.7. The quantitative estimate of drug-likeness (QED) is 0.161. The maximum Gasteiger partial charge on any atom is 0.0774 e. The molecule has 0 spiro atoms. The van der Waals surface area contributed by atoms with Gasteiger partial charge in [0.15, 0.2) is 0 Å². The number of aromatic nitrogens is 3. The van der Waals surface area contributed by atoms with E-state index in [0.717, 1.165) is 39.4 Å². The SMILES string of the molecule is [Ir].[c-]1ccccc1-c1ccccn1.[c-]1sc2ccc(-c3ccc4ccccc4c3)cc2c1-c1nc2ccccc2n1-c1ccc(-c2ccccc2)cc1. The van der Waals surface area contributed by atoms with Crippen LogP contribution in [0.25, 0.3) is 82.5 Å². The number of hydrogen-bond acceptors (Lipinski definition) is 3. The number of imidazole rings is 1. The average Bonchev–Trinajstić information content (AvgIpc) is 3.83. The van der Waals surface area contributed by atoms with Gasteiger partial charge in [-0.25, -0.2) is 0 Å². The minimum absolute atomic E-state index is 0. The van der Waals surface area contributed by atoms with Gasteiger partial charge in [0.05, 0.1) is 16.9 Å². The van der Waals surface area contributed by atoms with Crippen molar-refractivity contribution in [1.82, 2.24) is 14.5 Å². The first-order valence-electron chi connectivity index (χ1n) is 17.2. The molecule has 1 radical (unpaired) electrons. The van der Waals surface area contributed by atoms with Crippen LogP contribution >= 0.6 is 11.3 Å². The van der Waals surface area contributed by atoms with E-state index in [1.807, 2.05) is 42.5 Å². The average molecular weight is 874 g/mol. The van der Waals surface area contributed by atoms with E-state index >= 15 is 0 Å². The van der Waals surface area contributed by atoms with Crippen LogP contribution in [0.3, 0.4) is 0 Å². The predicted molar refractivity (Wildman–Crippen MR) is 218 cm³/mol. The Morgan fingerprint density at radius 2 is 1.25 bits per heavy atom. The molecule has 0 saturated heterocycles. The summed E-state index contributed by atoms with van der Waals surface area (Å²) in [5.41, 5.74) is 11.0. The zero-order valence-corrected chi connectivity index (χ0v) is 31.7. The van der Waals surface area contributed by atoms with Gasteiger partial charge in [0.25, 0.3) is 0 Å². The Morgan fingerprint density at radius 3 is 2.06 bits per heavy atom.